The summed E-state index contributed by atoms with van der Waals surface area (Å²) in [6, 6.07) is 31.5. The van der Waals surface area contributed by atoms with Crippen LogP contribution < -0.4 is 10.6 Å². The zero-order valence-electron chi connectivity index (χ0n) is 25.4. The number of carbonyl (C=O) groups is 2. The Kier molecular flexibility index (Phi) is 7.90. The summed E-state index contributed by atoms with van der Waals surface area (Å²) in [7, 11) is 0. The average molecular weight is 579 g/mol. The number of para-hydroxylation sites is 2. The monoisotopic (exact) mass is 578 g/mol. The first-order chi connectivity index (χ1) is 21.3. The van der Waals surface area contributed by atoms with Crippen molar-refractivity contribution in [1.82, 2.24) is 20.6 Å². The first-order valence-corrected chi connectivity index (χ1v) is 14.8. The van der Waals surface area contributed by atoms with Gasteiger partial charge in [-0.3, -0.25) is 9.59 Å². The number of fused-ring (bicyclic) bond motifs is 2. The van der Waals surface area contributed by atoms with Gasteiger partial charge >= 0.3 is 0 Å². The van der Waals surface area contributed by atoms with Gasteiger partial charge in [-0.2, -0.15) is 0 Å². The number of aryl methyl sites for hydroxylation is 4. The molecule has 0 bridgehead atoms. The van der Waals surface area contributed by atoms with Gasteiger partial charge in [0.2, 0.25) is 0 Å². The summed E-state index contributed by atoms with van der Waals surface area (Å²) in [5, 5.41) is 7.55. The van der Waals surface area contributed by atoms with E-state index in [1.165, 1.54) is 11.1 Å². The Morgan fingerprint density at radius 2 is 0.955 bits per heavy atom. The quantitative estimate of drug-likeness (QED) is 0.192. The fourth-order valence-electron chi connectivity index (χ4n) is 5.75. The largest absolute Gasteiger partial charge is 0.350 e. The Morgan fingerprint density at radius 3 is 1.36 bits per heavy atom. The summed E-state index contributed by atoms with van der Waals surface area (Å²) < 4.78 is 0. The molecule has 44 heavy (non-hydrogen) atoms. The van der Waals surface area contributed by atoms with Crippen LogP contribution in [0, 0.1) is 27.7 Å². The average Bonchev–Trinajstić information content (AvgIpc) is 3.02. The van der Waals surface area contributed by atoms with Crippen molar-refractivity contribution in [3.05, 3.63) is 130 Å². The molecule has 0 saturated heterocycles. The third kappa shape index (κ3) is 5.79. The van der Waals surface area contributed by atoms with Gasteiger partial charge < -0.3 is 10.6 Å². The molecule has 6 rings (SSSR count). The van der Waals surface area contributed by atoms with Crippen LogP contribution in [0.1, 0.15) is 43.0 Å². The molecule has 2 heterocycles. The van der Waals surface area contributed by atoms with Crippen LogP contribution in [0.25, 0.3) is 44.3 Å². The molecule has 0 aliphatic rings. The molecule has 0 spiro atoms. The maximum atomic E-state index is 13.5. The fourth-order valence-corrected chi connectivity index (χ4v) is 5.75. The van der Waals surface area contributed by atoms with Crippen LogP contribution in [-0.2, 0) is 0 Å². The van der Waals surface area contributed by atoms with Crippen LogP contribution in [0.15, 0.2) is 97.1 Å². The van der Waals surface area contributed by atoms with E-state index in [0.717, 1.165) is 55.4 Å². The molecule has 0 unspecified atom stereocenters. The lowest BCUT2D eigenvalue weighted by atomic mass is 9.99. The summed E-state index contributed by atoms with van der Waals surface area (Å²) >= 11 is 0. The summed E-state index contributed by atoms with van der Waals surface area (Å²) in [5.41, 5.74) is 10.7. The van der Waals surface area contributed by atoms with Crippen molar-refractivity contribution < 1.29 is 9.59 Å². The van der Waals surface area contributed by atoms with Crippen molar-refractivity contribution in [3.8, 4) is 22.5 Å². The van der Waals surface area contributed by atoms with E-state index < -0.39 is 0 Å². The first kappa shape index (κ1) is 28.7. The fraction of sp³-hybridized carbons (Fsp3) is 0.158. The van der Waals surface area contributed by atoms with Crippen LogP contribution in [0.5, 0.6) is 0 Å². The Morgan fingerprint density at radius 1 is 0.545 bits per heavy atom. The Balaban J connectivity index is 1.20. The number of rotatable bonds is 7. The van der Waals surface area contributed by atoms with Crippen molar-refractivity contribution in [2.45, 2.75) is 27.7 Å². The predicted octanol–water partition coefficient (Wildman–Crippen LogP) is 7.51. The minimum Gasteiger partial charge on any atom is -0.350 e. The van der Waals surface area contributed by atoms with Crippen molar-refractivity contribution in [3.63, 3.8) is 0 Å². The molecule has 2 aromatic heterocycles. The van der Waals surface area contributed by atoms with Crippen molar-refractivity contribution in [1.29, 1.82) is 0 Å². The van der Waals surface area contributed by atoms with E-state index in [4.69, 9.17) is 9.97 Å². The number of nitrogens with zero attached hydrogens (tertiary/aromatic N) is 2. The van der Waals surface area contributed by atoms with Crippen molar-refractivity contribution in [2.75, 3.05) is 13.1 Å². The standard InChI is InChI=1S/C38H34N4O2/c1-23-13-15-27(25(3)19-23)35-21-31(29-9-5-7-11-33(29)41-35)37(43)39-17-18-40-38(44)32-22-36(28-16-14-24(2)20-26(28)4)42-34-12-8-6-10-30(32)34/h5-16,19-22H,17-18H2,1-4H3,(H,39,43)(H,40,44). The third-order valence-electron chi connectivity index (χ3n) is 7.93. The molecular weight excluding hydrogens is 544 g/mol. The molecule has 0 atom stereocenters. The number of hydrogen-bond donors (Lipinski definition) is 2. The van der Waals surface area contributed by atoms with Gasteiger partial charge in [0, 0.05) is 35.0 Å². The molecule has 0 aliphatic carbocycles. The molecule has 0 fully saturated rings. The number of aromatic nitrogens is 2. The normalized spacial score (nSPS) is 11.1. The van der Waals surface area contributed by atoms with Gasteiger partial charge in [-0.05, 0) is 63.1 Å². The smallest absolute Gasteiger partial charge is 0.252 e. The molecule has 0 radical (unpaired) electrons. The molecular formula is C38H34N4O2. The van der Waals surface area contributed by atoms with Gasteiger partial charge in [0.1, 0.15) is 0 Å². The molecule has 218 valence electrons. The van der Waals surface area contributed by atoms with E-state index in [1.54, 1.807) is 0 Å². The van der Waals surface area contributed by atoms with E-state index in [-0.39, 0.29) is 24.9 Å². The van der Waals surface area contributed by atoms with E-state index in [9.17, 15) is 9.59 Å². The summed E-state index contributed by atoms with van der Waals surface area (Å²) in [6.45, 7) is 8.77. The number of amides is 2. The van der Waals surface area contributed by atoms with Crippen LogP contribution in [-0.4, -0.2) is 34.9 Å². The van der Waals surface area contributed by atoms with Gasteiger partial charge in [0.25, 0.3) is 11.8 Å². The molecule has 6 heteroatoms. The molecule has 4 aromatic carbocycles. The molecule has 0 aliphatic heterocycles. The second-order valence-corrected chi connectivity index (χ2v) is 11.3. The van der Waals surface area contributed by atoms with E-state index in [0.29, 0.717) is 11.1 Å². The molecule has 2 N–H and O–H groups in total. The number of benzene rings is 4. The lowest BCUT2D eigenvalue weighted by molar-refractivity contribution is 0.0929. The second-order valence-electron chi connectivity index (χ2n) is 11.3. The highest BCUT2D eigenvalue weighted by atomic mass is 16.2. The molecule has 6 aromatic rings. The first-order valence-electron chi connectivity index (χ1n) is 14.8. The minimum atomic E-state index is -0.213. The molecule has 6 nitrogen and oxygen atoms in total. The zero-order valence-corrected chi connectivity index (χ0v) is 25.4. The van der Waals surface area contributed by atoms with Crippen molar-refractivity contribution >= 4 is 33.6 Å². The number of hydrogen-bond acceptors (Lipinski definition) is 4. The van der Waals surface area contributed by atoms with Crippen LogP contribution >= 0.6 is 0 Å². The molecule has 2 amide bonds. The SMILES string of the molecule is Cc1ccc(-c2cc(C(=O)NCCNC(=O)c3cc(-c4ccc(C)cc4C)nc4ccccc34)c3ccccc3n2)c(C)c1. The number of carbonyl (C=O) groups excluding carboxylic acids is 2. The highest BCUT2D eigenvalue weighted by Crippen LogP contribution is 2.29. The zero-order chi connectivity index (χ0) is 30.8. The van der Waals surface area contributed by atoms with Crippen LogP contribution in [0.2, 0.25) is 0 Å². The number of nitrogens with one attached hydrogen (secondary N) is 2. The summed E-state index contributed by atoms with van der Waals surface area (Å²) in [4.78, 5) is 36.6. The lowest BCUT2D eigenvalue weighted by Crippen LogP contribution is -2.35. The summed E-state index contributed by atoms with van der Waals surface area (Å²) in [5.74, 6) is -0.425. The van der Waals surface area contributed by atoms with Gasteiger partial charge in [-0.1, -0.05) is 83.9 Å². The topological polar surface area (TPSA) is 84.0 Å². The molecule has 0 saturated carbocycles. The van der Waals surface area contributed by atoms with E-state index >= 15 is 0 Å². The highest BCUT2D eigenvalue weighted by molar-refractivity contribution is 6.08. The van der Waals surface area contributed by atoms with Gasteiger partial charge in [-0.25, -0.2) is 9.97 Å². The van der Waals surface area contributed by atoms with Gasteiger partial charge in [0.15, 0.2) is 0 Å². The minimum absolute atomic E-state index is 0.213. The van der Waals surface area contributed by atoms with E-state index in [1.807, 2.05) is 72.8 Å². The van der Waals surface area contributed by atoms with E-state index in [2.05, 4.69) is 62.6 Å². The van der Waals surface area contributed by atoms with Crippen LogP contribution in [0.4, 0.5) is 0 Å². The lowest BCUT2D eigenvalue weighted by Gasteiger charge is -2.14. The van der Waals surface area contributed by atoms with Crippen LogP contribution in [0.3, 0.4) is 0 Å². The highest BCUT2D eigenvalue weighted by Gasteiger charge is 2.17. The third-order valence-corrected chi connectivity index (χ3v) is 7.93. The Bertz CT molecular complexity index is 1920. The maximum Gasteiger partial charge on any atom is 0.252 e. The maximum absolute atomic E-state index is 13.5. The number of pyridine rings is 2. The van der Waals surface area contributed by atoms with Gasteiger partial charge in [-0.15, -0.1) is 0 Å². The van der Waals surface area contributed by atoms with Crippen molar-refractivity contribution in [2.24, 2.45) is 0 Å². The van der Waals surface area contributed by atoms with Gasteiger partial charge in [0.05, 0.1) is 33.5 Å². The Hall–Kier alpha value is -5.36. The summed E-state index contributed by atoms with van der Waals surface area (Å²) in [6.07, 6.45) is 0. The Labute approximate surface area is 257 Å². The second kappa shape index (κ2) is 12.1. The predicted molar refractivity (Wildman–Crippen MR) is 178 cm³/mol.